The zero-order chi connectivity index (χ0) is 14.8. The Hall–Kier alpha value is -2.89. The van der Waals surface area contributed by atoms with Crippen molar-refractivity contribution in [1.82, 2.24) is 20.0 Å². The molecule has 2 N–H and O–H groups in total. The molecule has 0 aliphatic rings. The number of nitrogen functional groups attached to an aromatic ring is 1. The van der Waals surface area contributed by atoms with Crippen molar-refractivity contribution in [3.8, 4) is 16.9 Å². The van der Waals surface area contributed by atoms with E-state index in [-0.39, 0.29) is 0 Å². The Bertz CT molecular complexity index is 731. The quantitative estimate of drug-likeness (QED) is 0.794. The second-order valence-corrected chi connectivity index (χ2v) is 4.89. The van der Waals surface area contributed by atoms with Gasteiger partial charge in [-0.15, -0.1) is 5.10 Å². The van der Waals surface area contributed by atoms with Crippen LogP contribution in [0.4, 0.5) is 11.5 Å². The average Bonchev–Trinajstić information content (AvgIpc) is 2.90. The van der Waals surface area contributed by atoms with Gasteiger partial charge >= 0.3 is 0 Å². The van der Waals surface area contributed by atoms with Crippen LogP contribution in [0.3, 0.4) is 0 Å². The molecule has 6 heteroatoms. The summed E-state index contributed by atoms with van der Waals surface area (Å²) >= 11 is 0. The first kappa shape index (κ1) is 13.1. The Morgan fingerprint density at radius 1 is 1.10 bits per heavy atom. The molecule has 2 aromatic heterocycles. The molecule has 0 aliphatic carbocycles. The molecule has 1 aromatic carbocycles. The lowest BCUT2D eigenvalue weighted by atomic mass is 10.2. The number of hydrogen-bond acceptors (Lipinski definition) is 5. The highest BCUT2D eigenvalue weighted by atomic mass is 15.5. The van der Waals surface area contributed by atoms with Crippen LogP contribution in [-0.4, -0.2) is 34.1 Å². The van der Waals surface area contributed by atoms with E-state index in [1.54, 1.807) is 17.1 Å². The van der Waals surface area contributed by atoms with Crippen LogP contribution in [0.15, 0.2) is 48.8 Å². The monoisotopic (exact) mass is 280 g/mol. The minimum Gasteiger partial charge on any atom is -0.382 e. The first-order valence-corrected chi connectivity index (χ1v) is 6.56. The highest BCUT2D eigenvalue weighted by molar-refractivity contribution is 5.70. The van der Waals surface area contributed by atoms with Crippen LogP contribution in [0.25, 0.3) is 16.9 Å². The SMILES string of the molecule is CN(C)c1ccc(-n2nnc(-c3cccnc3)c2N)cc1. The van der Waals surface area contributed by atoms with Crippen molar-refractivity contribution in [3.63, 3.8) is 0 Å². The van der Waals surface area contributed by atoms with Gasteiger partial charge in [0.25, 0.3) is 0 Å². The summed E-state index contributed by atoms with van der Waals surface area (Å²) in [6, 6.07) is 11.7. The molecular weight excluding hydrogens is 264 g/mol. The Balaban J connectivity index is 1.99. The van der Waals surface area contributed by atoms with E-state index in [4.69, 9.17) is 5.73 Å². The molecule has 3 rings (SSSR count). The van der Waals surface area contributed by atoms with Gasteiger partial charge in [-0.05, 0) is 36.4 Å². The van der Waals surface area contributed by atoms with E-state index in [0.29, 0.717) is 11.5 Å². The molecule has 3 aromatic rings. The van der Waals surface area contributed by atoms with Crippen LogP contribution in [0.5, 0.6) is 0 Å². The third-order valence-corrected chi connectivity index (χ3v) is 3.25. The van der Waals surface area contributed by atoms with Crippen molar-refractivity contribution >= 4 is 11.5 Å². The molecule has 0 saturated carbocycles. The van der Waals surface area contributed by atoms with Crippen LogP contribution in [0.2, 0.25) is 0 Å². The van der Waals surface area contributed by atoms with Gasteiger partial charge in [0.1, 0.15) is 5.69 Å². The predicted octanol–water partition coefficient (Wildman–Crippen LogP) is 1.98. The second-order valence-electron chi connectivity index (χ2n) is 4.89. The minimum absolute atomic E-state index is 0.501. The van der Waals surface area contributed by atoms with E-state index in [9.17, 15) is 0 Å². The predicted molar refractivity (Wildman–Crippen MR) is 83.3 cm³/mol. The number of hydrogen-bond donors (Lipinski definition) is 1. The number of anilines is 2. The van der Waals surface area contributed by atoms with E-state index < -0.39 is 0 Å². The van der Waals surface area contributed by atoms with Crippen LogP contribution < -0.4 is 10.6 Å². The standard InChI is InChI=1S/C15H16N6/c1-20(2)12-5-7-13(8-6-12)21-15(16)14(18-19-21)11-4-3-9-17-10-11/h3-10H,16H2,1-2H3. The van der Waals surface area contributed by atoms with Crippen molar-refractivity contribution in [1.29, 1.82) is 0 Å². The van der Waals surface area contributed by atoms with E-state index in [2.05, 4.69) is 15.3 Å². The molecule has 106 valence electrons. The Morgan fingerprint density at radius 3 is 2.48 bits per heavy atom. The molecule has 6 nitrogen and oxygen atoms in total. The molecule has 0 aliphatic heterocycles. The number of pyridine rings is 1. The Labute approximate surface area is 122 Å². The molecule has 2 heterocycles. The maximum atomic E-state index is 6.16. The smallest absolute Gasteiger partial charge is 0.155 e. The number of rotatable bonds is 3. The van der Waals surface area contributed by atoms with Crippen molar-refractivity contribution in [2.45, 2.75) is 0 Å². The van der Waals surface area contributed by atoms with Crippen LogP contribution in [-0.2, 0) is 0 Å². The van der Waals surface area contributed by atoms with Crippen molar-refractivity contribution in [3.05, 3.63) is 48.8 Å². The summed E-state index contributed by atoms with van der Waals surface area (Å²) in [5.74, 6) is 0.501. The van der Waals surface area contributed by atoms with E-state index in [0.717, 1.165) is 16.9 Å². The fraction of sp³-hybridized carbons (Fsp3) is 0.133. The van der Waals surface area contributed by atoms with Crippen LogP contribution in [0, 0.1) is 0 Å². The third-order valence-electron chi connectivity index (χ3n) is 3.25. The molecule has 0 amide bonds. The van der Waals surface area contributed by atoms with Crippen LogP contribution in [0.1, 0.15) is 0 Å². The maximum absolute atomic E-state index is 6.16. The fourth-order valence-electron chi connectivity index (χ4n) is 2.08. The van der Waals surface area contributed by atoms with E-state index in [1.165, 1.54) is 0 Å². The zero-order valence-electron chi connectivity index (χ0n) is 11.9. The van der Waals surface area contributed by atoms with Crippen molar-refractivity contribution in [2.24, 2.45) is 0 Å². The number of aromatic nitrogens is 4. The van der Waals surface area contributed by atoms with Gasteiger partial charge in [0, 0.05) is 37.7 Å². The molecule has 0 unspecified atom stereocenters. The molecule has 0 radical (unpaired) electrons. The van der Waals surface area contributed by atoms with Gasteiger partial charge in [0.15, 0.2) is 5.82 Å². The van der Waals surface area contributed by atoms with Gasteiger partial charge in [0.2, 0.25) is 0 Å². The van der Waals surface area contributed by atoms with Crippen molar-refractivity contribution in [2.75, 3.05) is 24.7 Å². The summed E-state index contributed by atoms with van der Waals surface area (Å²) in [5.41, 5.74) is 9.65. The molecule has 0 saturated heterocycles. The highest BCUT2D eigenvalue weighted by Gasteiger charge is 2.13. The summed E-state index contributed by atoms with van der Waals surface area (Å²) < 4.78 is 1.63. The molecule has 0 fully saturated rings. The summed E-state index contributed by atoms with van der Waals surface area (Å²) in [6.07, 6.45) is 3.43. The summed E-state index contributed by atoms with van der Waals surface area (Å²) in [6.45, 7) is 0. The average molecular weight is 280 g/mol. The van der Waals surface area contributed by atoms with E-state index in [1.807, 2.05) is 55.4 Å². The number of nitrogens with zero attached hydrogens (tertiary/aromatic N) is 5. The van der Waals surface area contributed by atoms with Gasteiger partial charge in [-0.2, -0.15) is 4.68 Å². The van der Waals surface area contributed by atoms with Crippen LogP contribution >= 0.6 is 0 Å². The zero-order valence-corrected chi connectivity index (χ0v) is 11.9. The fourth-order valence-corrected chi connectivity index (χ4v) is 2.08. The molecule has 21 heavy (non-hydrogen) atoms. The topological polar surface area (TPSA) is 72.9 Å². The van der Waals surface area contributed by atoms with Gasteiger partial charge in [0.05, 0.1) is 5.69 Å². The van der Waals surface area contributed by atoms with Gasteiger partial charge in [-0.1, -0.05) is 5.21 Å². The maximum Gasteiger partial charge on any atom is 0.155 e. The lowest BCUT2D eigenvalue weighted by Gasteiger charge is -2.12. The molecule has 0 spiro atoms. The number of benzene rings is 1. The first-order chi connectivity index (χ1) is 10.2. The molecule has 0 atom stereocenters. The van der Waals surface area contributed by atoms with Crippen molar-refractivity contribution < 1.29 is 0 Å². The highest BCUT2D eigenvalue weighted by Crippen LogP contribution is 2.25. The van der Waals surface area contributed by atoms with Gasteiger partial charge < -0.3 is 10.6 Å². The lowest BCUT2D eigenvalue weighted by molar-refractivity contribution is 0.810. The summed E-state index contributed by atoms with van der Waals surface area (Å²) in [5, 5.41) is 8.29. The first-order valence-electron chi connectivity index (χ1n) is 6.56. The lowest BCUT2D eigenvalue weighted by Crippen LogP contribution is -2.09. The summed E-state index contributed by atoms with van der Waals surface area (Å²) in [7, 11) is 4.00. The minimum atomic E-state index is 0.501. The normalized spacial score (nSPS) is 10.6. The second kappa shape index (κ2) is 5.24. The Kier molecular flexibility index (Phi) is 3.27. The third kappa shape index (κ3) is 2.43. The summed E-state index contributed by atoms with van der Waals surface area (Å²) in [4.78, 5) is 6.11. The van der Waals surface area contributed by atoms with E-state index >= 15 is 0 Å². The largest absolute Gasteiger partial charge is 0.382 e. The molecule has 0 bridgehead atoms. The number of nitrogens with two attached hydrogens (primary N) is 1. The molecular formula is C15H16N6. The van der Waals surface area contributed by atoms with Gasteiger partial charge in [-0.25, -0.2) is 0 Å². The van der Waals surface area contributed by atoms with Gasteiger partial charge in [-0.3, -0.25) is 4.98 Å². The Morgan fingerprint density at radius 2 is 1.86 bits per heavy atom.